The average Bonchev–Trinajstić information content (AvgIpc) is 2.66. The molecule has 0 radical (unpaired) electrons. The first-order valence-electron chi connectivity index (χ1n) is 4.87. The van der Waals surface area contributed by atoms with Gasteiger partial charge in [-0.15, -0.1) is 0 Å². The molecule has 84 valence electrons. The number of rotatable bonds is 4. The maximum Gasteiger partial charge on any atom is 0.256 e. The molecule has 2 rings (SSSR count). The zero-order chi connectivity index (χ0) is 11.4. The van der Waals surface area contributed by atoms with Gasteiger partial charge in [0.1, 0.15) is 0 Å². The maximum atomic E-state index is 12.2. The molecule has 3 nitrogen and oxygen atoms in total. The molecule has 0 fully saturated rings. The number of benzene rings is 1. The van der Waals surface area contributed by atoms with Crippen LogP contribution in [0.5, 0.6) is 0 Å². The minimum Gasteiger partial charge on any atom is -0.326 e. The van der Waals surface area contributed by atoms with Gasteiger partial charge in [-0.05, 0) is 12.1 Å². The summed E-state index contributed by atoms with van der Waals surface area (Å²) in [6, 6.07) is 9.31. The summed E-state index contributed by atoms with van der Waals surface area (Å²) in [5, 5.41) is 2.98. The maximum absolute atomic E-state index is 12.2. The predicted molar refractivity (Wildman–Crippen MR) is 58.0 cm³/mol. The molecule has 0 atom stereocenters. The van der Waals surface area contributed by atoms with Gasteiger partial charge in [0.05, 0.1) is 6.54 Å². The van der Waals surface area contributed by atoms with E-state index in [1.165, 1.54) is 17.0 Å². The van der Waals surface area contributed by atoms with Crippen LogP contribution in [-0.2, 0) is 6.54 Å². The summed E-state index contributed by atoms with van der Waals surface area (Å²) in [6.45, 7) is -0.352. The van der Waals surface area contributed by atoms with Crippen molar-refractivity contribution in [2.24, 2.45) is 0 Å². The van der Waals surface area contributed by atoms with Crippen LogP contribution in [0.2, 0.25) is 0 Å². The molecule has 0 saturated heterocycles. The van der Waals surface area contributed by atoms with E-state index in [2.05, 4.69) is 10.3 Å². The average molecular weight is 223 g/mol. The summed E-state index contributed by atoms with van der Waals surface area (Å²) >= 11 is 0. The van der Waals surface area contributed by atoms with Crippen LogP contribution in [0.25, 0.3) is 0 Å². The van der Waals surface area contributed by atoms with E-state index in [0.717, 1.165) is 5.69 Å². The first kappa shape index (κ1) is 10.6. The zero-order valence-electron chi connectivity index (χ0n) is 8.48. The van der Waals surface area contributed by atoms with Crippen molar-refractivity contribution in [1.82, 2.24) is 9.55 Å². The monoisotopic (exact) mass is 223 g/mol. The van der Waals surface area contributed by atoms with E-state index in [1.54, 1.807) is 0 Å². The van der Waals surface area contributed by atoms with Crippen LogP contribution in [0, 0.1) is 0 Å². The van der Waals surface area contributed by atoms with Crippen LogP contribution in [0.1, 0.15) is 0 Å². The molecule has 2 aromatic rings. The zero-order valence-corrected chi connectivity index (χ0v) is 8.48. The van der Waals surface area contributed by atoms with E-state index in [-0.39, 0.29) is 6.54 Å². The SMILES string of the molecule is FC(F)Cn1ccnc1Nc1ccccc1. The van der Waals surface area contributed by atoms with Gasteiger partial charge in [0.25, 0.3) is 6.43 Å². The molecular formula is C11H11F2N3. The summed E-state index contributed by atoms with van der Waals surface area (Å²) in [7, 11) is 0. The van der Waals surface area contributed by atoms with Gasteiger partial charge < -0.3 is 9.88 Å². The molecule has 0 unspecified atom stereocenters. The Morgan fingerprint density at radius 1 is 1.25 bits per heavy atom. The molecule has 16 heavy (non-hydrogen) atoms. The van der Waals surface area contributed by atoms with Crippen LogP contribution in [0.15, 0.2) is 42.7 Å². The molecule has 1 N–H and O–H groups in total. The Bertz CT molecular complexity index is 440. The number of hydrogen-bond acceptors (Lipinski definition) is 2. The largest absolute Gasteiger partial charge is 0.326 e. The van der Waals surface area contributed by atoms with Gasteiger partial charge in [-0.25, -0.2) is 13.8 Å². The molecule has 0 spiro atoms. The lowest BCUT2D eigenvalue weighted by atomic mass is 10.3. The van der Waals surface area contributed by atoms with E-state index < -0.39 is 6.43 Å². The fraction of sp³-hybridized carbons (Fsp3) is 0.182. The number of anilines is 2. The van der Waals surface area contributed by atoms with E-state index >= 15 is 0 Å². The minimum atomic E-state index is -2.38. The molecule has 1 heterocycles. The van der Waals surface area contributed by atoms with Gasteiger partial charge >= 0.3 is 0 Å². The van der Waals surface area contributed by atoms with E-state index in [4.69, 9.17) is 0 Å². The molecule has 5 heteroatoms. The van der Waals surface area contributed by atoms with E-state index in [0.29, 0.717) is 5.95 Å². The van der Waals surface area contributed by atoms with Crippen molar-refractivity contribution in [3.63, 3.8) is 0 Å². The van der Waals surface area contributed by atoms with Crippen LogP contribution in [0.4, 0.5) is 20.4 Å². The van der Waals surface area contributed by atoms with Crippen molar-refractivity contribution in [2.75, 3.05) is 5.32 Å². The molecule has 0 bridgehead atoms. The minimum absolute atomic E-state index is 0.352. The van der Waals surface area contributed by atoms with Crippen molar-refractivity contribution in [1.29, 1.82) is 0 Å². The highest BCUT2D eigenvalue weighted by Crippen LogP contribution is 2.15. The predicted octanol–water partition coefficient (Wildman–Crippen LogP) is 2.89. The molecule has 0 aliphatic carbocycles. The van der Waals surface area contributed by atoms with Gasteiger partial charge in [-0.1, -0.05) is 18.2 Å². The third-order valence-electron chi connectivity index (χ3n) is 2.08. The number of imidazole rings is 1. The Hall–Kier alpha value is -1.91. The van der Waals surface area contributed by atoms with Crippen molar-refractivity contribution in [3.05, 3.63) is 42.7 Å². The molecular weight excluding hydrogens is 212 g/mol. The Morgan fingerprint density at radius 2 is 2.00 bits per heavy atom. The van der Waals surface area contributed by atoms with Gasteiger partial charge in [-0.3, -0.25) is 0 Å². The normalized spacial score (nSPS) is 10.7. The van der Waals surface area contributed by atoms with Crippen LogP contribution >= 0.6 is 0 Å². The molecule has 0 saturated carbocycles. The summed E-state index contributed by atoms with van der Waals surface area (Å²) in [4.78, 5) is 3.98. The second-order valence-corrected chi connectivity index (χ2v) is 3.29. The molecule has 0 amide bonds. The Kier molecular flexibility index (Phi) is 3.14. The van der Waals surface area contributed by atoms with Crippen molar-refractivity contribution >= 4 is 11.6 Å². The van der Waals surface area contributed by atoms with Crippen LogP contribution < -0.4 is 5.32 Å². The molecule has 0 aliphatic heterocycles. The fourth-order valence-corrected chi connectivity index (χ4v) is 1.38. The first-order chi connectivity index (χ1) is 7.75. The van der Waals surface area contributed by atoms with E-state index in [9.17, 15) is 8.78 Å². The third-order valence-corrected chi connectivity index (χ3v) is 2.08. The second-order valence-electron chi connectivity index (χ2n) is 3.29. The Labute approximate surface area is 91.7 Å². The standard InChI is InChI=1S/C11H11F2N3/c12-10(13)8-16-7-6-14-11(16)15-9-4-2-1-3-5-9/h1-7,10H,8H2,(H,14,15). The highest BCUT2D eigenvalue weighted by Gasteiger charge is 2.08. The second kappa shape index (κ2) is 4.74. The van der Waals surface area contributed by atoms with Gasteiger partial charge in [-0.2, -0.15) is 0 Å². The van der Waals surface area contributed by atoms with E-state index in [1.807, 2.05) is 30.3 Å². The molecule has 1 aromatic heterocycles. The van der Waals surface area contributed by atoms with Crippen molar-refractivity contribution in [2.45, 2.75) is 13.0 Å². The number of hydrogen-bond donors (Lipinski definition) is 1. The van der Waals surface area contributed by atoms with Gasteiger partial charge in [0.15, 0.2) is 0 Å². The smallest absolute Gasteiger partial charge is 0.256 e. The van der Waals surface area contributed by atoms with Crippen molar-refractivity contribution < 1.29 is 8.78 Å². The highest BCUT2D eigenvalue weighted by atomic mass is 19.3. The topological polar surface area (TPSA) is 29.9 Å². The summed E-state index contributed by atoms with van der Waals surface area (Å²) in [5.41, 5.74) is 0.823. The lowest BCUT2D eigenvalue weighted by molar-refractivity contribution is 0.127. The lowest BCUT2D eigenvalue weighted by Gasteiger charge is -2.08. The van der Waals surface area contributed by atoms with Crippen LogP contribution in [0.3, 0.4) is 0 Å². The fourth-order valence-electron chi connectivity index (χ4n) is 1.38. The Morgan fingerprint density at radius 3 is 2.69 bits per heavy atom. The quantitative estimate of drug-likeness (QED) is 0.863. The first-order valence-corrected chi connectivity index (χ1v) is 4.87. The number of halogens is 2. The van der Waals surface area contributed by atoms with Gasteiger partial charge in [0, 0.05) is 18.1 Å². The van der Waals surface area contributed by atoms with Gasteiger partial charge in [0.2, 0.25) is 5.95 Å². The number of nitrogens with one attached hydrogen (secondary N) is 1. The van der Waals surface area contributed by atoms with Crippen molar-refractivity contribution in [3.8, 4) is 0 Å². The highest BCUT2D eigenvalue weighted by molar-refractivity contribution is 5.52. The Balaban J connectivity index is 2.13. The summed E-state index contributed by atoms with van der Waals surface area (Å²) in [6.07, 6.45) is 0.635. The molecule has 1 aromatic carbocycles. The number of aromatic nitrogens is 2. The molecule has 0 aliphatic rings. The number of para-hydroxylation sites is 1. The third kappa shape index (κ3) is 2.56. The lowest BCUT2D eigenvalue weighted by Crippen LogP contribution is -2.08. The summed E-state index contributed by atoms with van der Waals surface area (Å²) in [5.74, 6) is 0.423. The van der Waals surface area contributed by atoms with Crippen LogP contribution in [-0.4, -0.2) is 16.0 Å². The number of alkyl halides is 2. The summed E-state index contributed by atoms with van der Waals surface area (Å²) < 4.78 is 25.9. The number of nitrogens with zero attached hydrogens (tertiary/aromatic N) is 2.